The molecule has 1 aliphatic rings. The Bertz CT molecular complexity index is 520. The molecule has 0 saturated carbocycles. The third kappa shape index (κ3) is 1.98. The fourth-order valence-electron chi connectivity index (χ4n) is 1.75. The number of halogens is 1. The van der Waals surface area contributed by atoms with Crippen LogP contribution in [-0.4, -0.2) is 18.1 Å². The number of carbonyl (C=O) groups is 2. The molecule has 88 valence electrons. The van der Waals surface area contributed by atoms with Crippen molar-refractivity contribution < 1.29 is 9.59 Å². The Morgan fingerprint density at radius 2 is 1.71 bits per heavy atom. The van der Waals surface area contributed by atoms with E-state index in [-0.39, 0.29) is 22.3 Å². The van der Waals surface area contributed by atoms with Crippen LogP contribution < -0.4 is 5.32 Å². The molecule has 0 atom stereocenters. The Hall–Kier alpha value is -1.61. The number of carbonyl (C=O) groups excluding carboxylic acids is 2. The standard InChI is InChI=1S/C13H12ClNO2/c1-2-7-15-11-10(14)12(16)8-5-3-4-6-9(8)13(11)17/h3-6,15H,2,7H2,1H3. The number of rotatable bonds is 3. The highest BCUT2D eigenvalue weighted by molar-refractivity contribution is 6.49. The predicted molar refractivity (Wildman–Crippen MR) is 66.3 cm³/mol. The summed E-state index contributed by atoms with van der Waals surface area (Å²) in [5.41, 5.74) is 1.02. The van der Waals surface area contributed by atoms with Gasteiger partial charge in [-0.25, -0.2) is 0 Å². The SMILES string of the molecule is CCCNC1=C(Cl)C(=O)c2ccccc2C1=O. The molecule has 0 bridgehead atoms. The van der Waals surface area contributed by atoms with Crippen molar-refractivity contribution >= 4 is 23.2 Å². The van der Waals surface area contributed by atoms with Gasteiger partial charge in [0.05, 0.1) is 0 Å². The lowest BCUT2D eigenvalue weighted by Gasteiger charge is -2.18. The summed E-state index contributed by atoms with van der Waals surface area (Å²) in [7, 11) is 0. The Balaban J connectivity index is 2.47. The average molecular weight is 250 g/mol. The van der Waals surface area contributed by atoms with Gasteiger partial charge in [-0.1, -0.05) is 42.8 Å². The second kappa shape index (κ2) is 4.72. The second-order valence-electron chi connectivity index (χ2n) is 3.82. The van der Waals surface area contributed by atoms with Crippen molar-refractivity contribution in [3.8, 4) is 0 Å². The summed E-state index contributed by atoms with van der Waals surface area (Å²) < 4.78 is 0. The van der Waals surface area contributed by atoms with Crippen molar-refractivity contribution in [1.29, 1.82) is 0 Å². The van der Waals surface area contributed by atoms with Crippen molar-refractivity contribution in [3.63, 3.8) is 0 Å². The molecule has 0 radical (unpaired) electrons. The number of nitrogens with one attached hydrogen (secondary N) is 1. The monoisotopic (exact) mass is 249 g/mol. The molecule has 0 saturated heterocycles. The van der Waals surface area contributed by atoms with E-state index in [1.54, 1.807) is 24.3 Å². The van der Waals surface area contributed by atoms with Crippen LogP contribution >= 0.6 is 11.6 Å². The fraction of sp³-hybridized carbons (Fsp3) is 0.231. The smallest absolute Gasteiger partial charge is 0.211 e. The highest BCUT2D eigenvalue weighted by atomic mass is 35.5. The van der Waals surface area contributed by atoms with Gasteiger partial charge < -0.3 is 5.32 Å². The molecule has 17 heavy (non-hydrogen) atoms. The summed E-state index contributed by atoms with van der Waals surface area (Å²) in [6, 6.07) is 6.72. The van der Waals surface area contributed by atoms with Gasteiger partial charge in [0, 0.05) is 17.7 Å². The van der Waals surface area contributed by atoms with Crippen LogP contribution in [0.15, 0.2) is 35.0 Å². The van der Waals surface area contributed by atoms with E-state index >= 15 is 0 Å². The molecule has 1 aliphatic carbocycles. The first-order valence-electron chi connectivity index (χ1n) is 5.49. The van der Waals surface area contributed by atoms with Crippen LogP contribution in [0, 0.1) is 0 Å². The van der Waals surface area contributed by atoms with Crippen LogP contribution in [0.25, 0.3) is 0 Å². The molecule has 2 rings (SSSR count). The second-order valence-corrected chi connectivity index (χ2v) is 4.20. The zero-order valence-electron chi connectivity index (χ0n) is 9.42. The van der Waals surface area contributed by atoms with Crippen molar-refractivity contribution in [1.82, 2.24) is 5.32 Å². The van der Waals surface area contributed by atoms with Crippen LogP contribution in [0.5, 0.6) is 0 Å². The van der Waals surface area contributed by atoms with Gasteiger partial charge in [0.2, 0.25) is 11.6 Å². The van der Waals surface area contributed by atoms with Crippen LogP contribution in [0.4, 0.5) is 0 Å². The molecule has 3 nitrogen and oxygen atoms in total. The maximum Gasteiger partial charge on any atom is 0.211 e. The molecular weight excluding hydrogens is 238 g/mol. The number of hydrogen-bond acceptors (Lipinski definition) is 3. The van der Waals surface area contributed by atoms with Gasteiger partial charge >= 0.3 is 0 Å². The van der Waals surface area contributed by atoms with E-state index in [9.17, 15) is 9.59 Å². The summed E-state index contributed by atoms with van der Waals surface area (Å²) in [6.07, 6.45) is 0.858. The van der Waals surface area contributed by atoms with E-state index in [4.69, 9.17) is 11.6 Å². The number of Topliss-reactive ketones (excluding diaryl/α,β-unsaturated/α-hetero) is 2. The summed E-state index contributed by atoms with van der Waals surface area (Å²) in [6.45, 7) is 2.59. The number of hydrogen-bond donors (Lipinski definition) is 1. The molecule has 0 heterocycles. The van der Waals surface area contributed by atoms with Crippen LogP contribution in [0.1, 0.15) is 34.1 Å². The lowest BCUT2D eigenvalue weighted by Crippen LogP contribution is -2.29. The third-order valence-electron chi connectivity index (χ3n) is 2.61. The van der Waals surface area contributed by atoms with Gasteiger partial charge in [-0.15, -0.1) is 0 Å². The molecule has 0 unspecified atom stereocenters. The number of ketones is 2. The van der Waals surface area contributed by atoms with Crippen LogP contribution in [0.3, 0.4) is 0 Å². The zero-order chi connectivity index (χ0) is 12.4. The Labute approximate surface area is 104 Å². The third-order valence-corrected chi connectivity index (χ3v) is 2.97. The van der Waals surface area contributed by atoms with Gasteiger partial charge in [0.25, 0.3) is 0 Å². The molecule has 0 fully saturated rings. The Morgan fingerprint density at radius 3 is 2.29 bits per heavy atom. The van der Waals surface area contributed by atoms with Crippen molar-refractivity contribution in [2.45, 2.75) is 13.3 Å². The van der Waals surface area contributed by atoms with Gasteiger partial charge in [0.1, 0.15) is 10.7 Å². The van der Waals surface area contributed by atoms with E-state index in [0.717, 1.165) is 6.42 Å². The van der Waals surface area contributed by atoms with E-state index in [0.29, 0.717) is 17.7 Å². The number of fused-ring (bicyclic) bond motifs is 1. The maximum atomic E-state index is 12.1. The molecule has 1 aromatic rings. The highest BCUT2D eigenvalue weighted by Gasteiger charge is 2.30. The first-order chi connectivity index (χ1) is 8.16. The van der Waals surface area contributed by atoms with Gasteiger partial charge in [-0.2, -0.15) is 0 Å². The Kier molecular flexibility index (Phi) is 3.29. The minimum atomic E-state index is -0.291. The highest BCUT2D eigenvalue weighted by Crippen LogP contribution is 2.26. The quantitative estimate of drug-likeness (QED) is 0.895. The van der Waals surface area contributed by atoms with Gasteiger partial charge in [-0.3, -0.25) is 9.59 Å². The van der Waals surface area contributed by atoms with Crippen molar-refractivity contribution in [3.05, 3.63) is 46.1 Å². The lowest BCUT2D eigenvalue weighted by molar-refractivity contribution is 0.0974. The van der Waals surface area contributed by atoms with Gasteiger partial charge in [-0.05, 0) is 6.42 Å². The molecule has 0 spiro atoms. The minimum Gasteiger partial charge on any atom is -0.381 e. The number of allylic oxidation sites excluding steroid dienone is 2. The molecular formula is C13H12ClNO2. The number of benzene rings is 1. The molecule has 0 amide bonds. The predicted octanol–water partition coefficient (Wildman–Crippen LogP) is 2.52. The maximum absolute atomic E-state index is 12.1. The summed E-state index contributed by atoms with van der Waals surface area (Å²) in [5.74, 6) is -0.501. The van der Waals surface area contributed by atoms with Crippen LogP contribution in [0.2, 0.25) is 0 Å². The van der Waals surface area contributed by atoms with E-state index in [1.165, 1.54) is 0 Å². The van der Waals surface area contributed by atoms with E-state index in [1.807, 2.05) is 6.92 Å². The van der Waals surface area contributed by atoms with E-state index in [2.05, 4.69) is 5.32 Å². The largest absolute Gasteiger partial charge is 0.381 e. The lowest BCUT2D eigenvalue weighted by atomic mass is 9.92. The fourth-order valence-corrected chi connectivity index (χ4v) is 2.01. The van der Waals surface area contributed by atoms with Crippen LogP contribution in [-0.2, 0) is 0 Å². The molecule has 0 aliphatic heterocycles. The van der Waals surface area contributed by atoms with E-state index < -0.39 is 0 Å². The van der Waals surface area contributed by atoms with Crippen molar-refractivity contribution in [2.75, 3.05) is 6.54 Å². The molecule has 0 aromatic heterocycles. The first kappa shape index (κ1) is 11.9. The zero-order valence-corrected chi connectivity index (χ0v) is 10.2. The first-order valence-corrected chi connectivity index (χ1v) is 5.86. The molecule has 1 N–H and O–H groups in total. The van der Waals surface area contributed by atoms with Crippen molar-refractivity contribution in [2.24, 2.45) is 0 Å². The topological polar surface area (TPSA) is 46.2 Å². The molecule has 1 aromatic carbocycles. The average Bonchev–Trinajstić information content (AvgIpc) is 2.36. The Morgan fingerprint density at radius 1 is 1.12 bits per heavy atom. The summed E-state index contributed by atoms with van der Waals surface area (Å²) in [4.78, 5) is 24.1. The minimum absolute atomic E-state index is 0.0119. The summed E-state index contributed by atoms with van der Waals surface area (Å²) in [5, 5.41) is 2.91. The summed E-state index contributed by atoms with van der Waals surface area (Å²) >= 11 is 5.94. The van der Waals surface area contributed by atoms with Gasteiger partial charge in [0.15, 0.2) is 0 Å². The normalized spacial score (nSPS) is 14.9. The molecule has 4 heteroatoms.